The molecule has 19 heavy (non-hydrogen) atoms. The summed E-state index contributed by atoms with van der Waals surface area (Å²) < 4.78 is 5.78. The van der Waals surface area contributed by atoms with Crippen molar-refractivity contribution < 1.29 is 4.74 Å². The zero-order valence-electron chi connectivity index (χ0n) is 12.1. The molecule has 0 radical (unpaired) electrons. The Morgan fingerprint density at radius 1 is 1.32 bits per heavy atom. The molecule has 1 fully saturated rings. The SMILES string of the molecule is Cc1nnc(N(C)CC2CCCCO2)c(CN)c1C. The number of anilines is 1. The summed E-state index contributed by atoms with van der Waals surface area (Å²) in [6.07, 6.45) is 3.85. The van der Waals surface area contributed by atoms with Crippen LogP contribution in [0.15, 0.2) is 0 Å². The summed E-state index contributed by atoms with van der Waals surface area (Å²) in [5, 5.41) is 8.53. The molecular weight excluding hydrogens is 240 g/mol. The Kier molecular flexibility index (Phi) is 4.71. The smallest absolute Gasteiger partial charge is 0.155 e. The average molecular weight is 264 g/mol. The van der Waals surface area contributed by atoms with Crippen molar-refractivity contribution in [2.75, 3.05) is 25.1 Å². The largest absolute Gasteiger partial charge is 0.376 e. The van der Waals surface area contributed by atoms with E-state index in [1.165, 1.54) is 12.8 Å². The number of nitrogens with two attached hydrogens (primary N) is 1. The van der Waals surface area contributed by atoms with Crippen LogP contribution in [0.1, 0.15) is 36.1 Å². The van der Waals surface area contributed by atoms with E-state index in [4.69, 9.17) is 10.5 Å². The van der Waals surface area contributed by atoms with Crippen LogP contribution in [0.4, 0.5) is 5.82 Å². The molecule has 0 amide bonds. The quantitative estimate of drug-likeness (QED) is 0.894. The monoisotopic (exact) mass is 264 g/mol. The number of likely N-dealkylation sites (N-methyl/N-ethyl adjacent to an activating group) is 1. The van der Waals surface area contributed by atoms with Crippen molar-refractivity contribution in [3.8, 4) is 0 Å². The van der Waals surface area contributed by atoms with Gasteiger partial charge in [-0.15, -0.1) is 5.10 Å². The molecular formula is C14H24N4O. The Balaban J connectivity index is 2.13. The maximum Gasteiger partial charge on any atom is 0.155 e. The lowest BCUT2D eigenvalue weighted by Gasteiger charge is -2.29. The Morgan fingerprint density at radius 2 is 2.11 bits per heavy atom. The van der Waals surface area contributed by atoms with Gasteiger partial charge in [-0.05, 0) is 38.7 Å². The normalized spacial score (nSPS) is 19.5. The van der Waals surface area contributed by atoms with Crippen LogP contribution in [-0.2, 0) is 11.3 Å². The number of hydrogen-bond acceptors (Lipinski definition) is 5. The fourth-order valence-corrected chi connectivity index (χ4v) is 2.54. The second kappa shape index (κ2) is 6.30. The molecule has 106 valence electrons. The number of aryl methyl sites for hydroxylation is 1. The summed E-state index contributed by atoms with van der Waals surface area (Å²) in [7, 11) is 2.04. The third kappa shape index (κ3) is 3.22. The van der Waals surface area contributed by atoms with Gasteiger partial charge in [0.05, 0.1) is 11.8 Å². The van der Waals surface area contributed by atoms with Gasteiger partial charge in [0.15, 0.2) is 5.82 Å². The lowest BCUT2D eigenvalue weighted by molar-refractivity contribution is 0.0215. The Morgan fingerprint density at radius 3 is 2.74 bits per heavy atom. The van der Waals surface area contributed by atoms with Gasteiger partial charge in [0.25, 0.3) is 0 Å². The molecule has 0 saturated carbocycles. The van der Waals surface area contributed by atoms with Crippen molar-refractivity contribution in [2.24, 2.45) is 5.73 Å². The third-order valence-electron chi connectivity index (χ3n) is 3.88. The predicted octanol–water partition coefficient (Wildman–Crippen LogP) is 1.56. The van der Waals surface area contributed by atoms with Gasteiger partial charge in [0, 0.05) is 32.3 Å². The molecule has 1 aliphatic heterocycles. The molecule has 1 aromatic heterocycles. The Hall–Kier alpha value is -1.20. The third-order valence-corrected chi connectivity index (χ3v) is 3.88. The van der Waals surface area contributed by atoms with Crippen LogP contribution in [0.2, 0.25) is 0 Å². The molecule has 1 atom stereocenters. The van der Waals surface area contributed by atoms with Crippen molar-refractivity contribution in [2.45, 2.75) is 45.8 Å². The van der Waals surface area contributed by atoms with E-state index in [1.54, 1.807) is 0 Å². The van der Waals surface area contributed by atoms with E-state index in [2.05, 4.69) is 22.0 Å². The molecule has 1 saturated heterocycles. The van der Waals surface area contributed by atoms with E-state index in [0.717, 1.165) is 42.2 Å². The molecule has 0 spiro atoms. The number of rotatable bonds is 4. The van der Waals surface area contributed by atoms with Gasteiger partial charge in [-0.1, -0.05) is 0 Å². The maximum atomic E-state index is 5.87. The first-order valence-corrected chi connectivity index (χ1v) is 6.99. The molecule has 0 bridgehead atoms. The van der Waals surface area contributed by atoms with E-state index in [0.29, 0.717) is 12.6 Å². The molecule has 0 aliphatic carbocycles. The predicted molar refractivity (Wildman–Crippen MR) is 76.3 cm³/mol. The minimum Gasteiger partial charge on any atom is -0.376 e. The van der Waals surface area contributed by atoms with Gasteiger partial charge in [-0.2, -0.15) is 5.10 Å². The highest BCUT2D eigenvalue weighted by Gasteiger charge is 2.19. The summed E-state index contributed by atoms with van der Waals surface area (Å²) in [6.45, 7) is 6.24. The Bertz CT molecular complexity index is 430. The van der Waals surface area contributed by atoms with Crippen LogP contribution in [-0.4, -0.2) is 36.5 Å². The Labute approximate surface area is 115 Å². The fraction of sp³-hybridized carbons (Fsp3) is 0.714. The van der Waals surface area contributed by atoms with E-state index >= 15 is 0 Å². The summed E-state index contributed by atoms with van der Waals surface area (Å²) in [5.41, 5.74) is 9.05. The zero-order valence-corrected chi connectivity index (χ0v) is 12.1. The van der Waals surface area contributed by atoms with Gasteiger partial charge in [-0.3, -0.25) is 0 Å². The van der Waals surface area contributed by atoms with E-state index in [1.807, 2.05) is 14.0 Å². The molecule has 5 nitrogen and oxygen atoms in total. The van der Waals surface area contributed by atoms with Crippen LogP contribution >= 0.6 is 0 Å². The van der Waals surface area contributed by atoms with Crippen LogP contribution in [0, 0.1) is 13.8 Å². The molecule has 2 N–H and O–H groups in total. The van der Waals surface area contributed by atoms with Gasteiger partial charge >= 0.3 is 0 Å². The lowest BCUT2D eigenvalue weighted by atomic mass is 10.1. The van der Waals surface area contributed by atoms with Crippen molar-refractivity contribution in [1.29, 1.82) is 0 Å². The van der Waals surface area contributed by atoms with Crippen molar-refractivity contribution in [3.05, 3.63) is 16.8 Å². The minimum atomic E-state index is 0.299. The molecule has 1 aromatic rings. The fourth-order valence-electron chi connectivity index (χ4n) is 2.54. The van der Waals surface area contributed by atoms with Gasteiger partial charge < -0.3 is 15.4 Å². The number of nitrogens with zero attached hydrogens (tertiary/aromatic N) is 3. The van der Waals surface area contributed by atoms with Crippen molar-refractivity contribution in [1.82, 2.24) is 10.2 Å². The minimum absolute atomic E-state index is 0.299. The first-order valence-electron chi connectivity index (χ1n) is 6.99. The summed E-state index contributed by atoms with van der Waals surface area (Å²) in [5.74, 6) is 0.889. The number of aromatic nitrogens is 2. The maximum absolute atomic E-state index is 5.87. The van der Waals surface area contributed by atoms with Gasteiger partial charge in [0.2, 0.25) is 0 Å². The molecule has 5 heteroatoms. The molecule has 1 unspecified atom stereocenters. The lowest BCUT2D eigenvalue weighted by Crippen LogP contribution is -2.34. The summed E-state index contributed by atoms with van der Waals surface area (Å²) in [6, 6.07) is 0. The van der Waals surface area contributed by atoms with E-state index in [9.17, 15) is 0 Å². The zero-order chi connectivity index (χ0) is 13.8. The van der Waals surface area contributed by atoms with Crippen molar-refractivity contribution >= 4 is 5.82 Å². The van der Waals surface area contributed by atoms with E-state index in [-0.39, 0.29) is 0 Å². The van der Waals surface area contributed by atoms with Crippen LogP contribution < -0.4 is 10.6 Å². The van der Waals surface area contributed by atoms with Crippen LogP contribution in [0.3, 0.4) is 0 Å². The van der Waals surface area contributed by atoms with Gasteiger partial charge in [0.1, 0.15) is 0 Å². The highest BCUT2D eigenvalue weighted by molar-refractivity contribution is 5.50. The second-order valence-electron chi connectivity index (χ2n) is 5.29. The highest BCUT2D eigenvalue weighted by Crippen LogP contribution is 2.22. The number of hydrogen-bond donors (Lipinski definition) is 1. The van der Waals surface area contributed by atoms with Crippen molar-refractivity contribution in [3.63, 3.8) is 0 Å². The van der Waals surface area contributed by atoms with Crippen LogP contribution in [0.5, 0.6) is 0 Å². The van der Waals surface area contributed by atoms with E-state index < -0.39 is 0 Å². The molecule has 0 aromatic carbocycles. The summed E-state index contributed by atoms with van der Waals surface area (Å²) in [4.78, 5) is 2.12. The molecule has 1 aliphatic rings. The molecule has 2 heterocycles. The second-order valence-corrected chi connectivity index (χ2v) is 5.29. The first kappa shape index (κ1) is 14.2. The standard InChI is InChI=1S/C14H24N4O/c1-10-11(2)16-17-14(13(10)8-15)18(3)9-12-6-4-5-7-19-12/h12H,4-9,15H2,1-3H3. The average Bonchev–Trinajstić information content (AvgIpc) is 2.42. The topological polar surface area (TPSA) is 64.3 Å². The first-order chi connectivity index (χ1) is 9.13. The molecule has 2 rings (SSSR count). The highest BCUT2D eigenvalue weighted by atomic mass is 16.5. The van der Waals surface area contributed by atoms with Gasteiger partial charge in [-0.25, -0.2) is 0 Å². The summed E-state index contributed by atoms with van der Waals surface area (Å²) >= 11 is 0. The van der Waals surface area contributed by atoms with Crippen LogP contribution in [0.25, 0.3) is 0 Å². The number of ether oxygens (including phenoxy) is 1.